The Kier molecular flexibility index (Phi) is 7.97. The van der Waals surface area contributed by atoms with Crippen LogP contribution in [0.3, 0.4) is 0 Å². The summed E-state index contributed by atoms with van der Waals surface area (Å²) in [5.74, 6) is -0.534. The molecule has 3 heteroatoms. The van der Waals surface area contributed by atoms with Gasteiger partial charge in [0, 0.05) is 0 Å². The van der Waals surface area contributed by atoms with Crippen molar-refractivity contribution in [1.29, 1.82) is 0 Å². The van der Waals surface area contributed by atoms with Gasteiger partial charge in [0.25, 0.3) is 0 Å². The SMILES string of the molecule is CCCCCCCC1CCC(c2ccc(C3CCc4ccc(F)c(F)c4C3)c(F)c2)CC1. The van der Waals surface area contributed by atoms with E-state index in [1.807, 2.05) is 6.07 Å². The third kappa shape index (κ3) is 5.41. The highest BCUT2D eigenvalue weighted by Gasteiger charge is 2.27. The minimum absolute atomic E-state index is 0.0868. The molecule has 0 aliphatic heterocycles. The third-order valence-electron chi connectivity index (χ3n) is 8.00. The fourth-order valence-electron chi connectivity index (χ4n) is 5.98. The fraction of sp³-hybridized carbons (Fsp3) is 0.586. The zero-order valence-electron chi connectivity index (χ0n) is 19.4. The molecule has 2 aromatic carbocycles. The molecule has 0 heterocycles. The van der Waals surface area contributed by atoms with E-state index in [0.717, 1.165) is 36.3 Å². The summed E-state index contributed by atoms with van der Waals surface area (Å²) in [4.78, 5) is 0. The lowest BCUT2D eigenvalue weighted by atomic mass is 9.76. The molecule has 1 atom stereocenters. The van der Waals surface area contributed by atoms with Gasteiger partial charge in [-0.3, -0.25) is 0 Å². The molecule has 2 aromatic rings. The first-order valence-electron chi connectivity index (χ1n) is 12.8. The molecule has 1 unspecified atom stereocenters. The average Bonchev–Trinajstić information content (AvgIpc) is 2.82. The Bertz CT molecular complexity index is 896. The van der Waals surface area contributed by atoms with Crippen molar-refractivity contribution in [3.63, 3.8) is 0 Å². The van der Waals surface area contributed by atoms with Crippen molar-refractivity contribution in [2.45, 2.75) is 102 Å². The molecule has 0 N–H and O–H groups in total. The van der Waals surface area contributed by atoms with Crippen molar-refractivity contribution < 1.29 is 13.2 Å². The van der Waals surface area contributed by atoms with Crippen LogP contribution in [-0.2, 0) is 12.8 Å². The van der Waals surface area contributed by atoms with Gasteiger partial charge in [-0.05, 0) is 97.1 Å². The molecule has 174 valence electrons. The van der Waals surface area contributed by atoms with Gasteiger partial charge in [-0.2, -0.15) is 0 Å². The van der Waals surface area contributed by atoms with Crippen LogP contribution in [0.15, 0.2) is 30.3 Å². The van der Waals surface area contributed by atoms with E-state index in [2.05, 4.69) is 13.0 Å². The Balaban J connectivity index is 1.34. The standard InChI is InChI=1S/C29H37F3/c1-2-3-4-5-6-7-20-8-10-21(11-9-20)23-14-16-25(28(31)19-23)24-13-12-22-15-17-27(30)29(32)26(22)18-24/h14-17,19-21,24H,2-13,18H2,1H3. The minimum atomic E-state index is -0.809. The summed E-state index contributed by atoms with van der Waals surface area (Å²) in [5, 5.41) is 0. The number of aryl methyl sites for hydroxylation is 1. The van der Waals surface area contributed by atoms with Crippen molar-refractivity contribution >= 4 is 0 Å². The molecule has 2 aliphatic carbocycles. The molecule has 0 spiro atoms. The van der Waals surface area contributed by atoms with Gasteiger partial charge >= 0.3 is 0 Å². The maximum Gasteiger partial charge on any atom is 0.162 e. The van der Waals surface area contributed by atoms with Crippen molar-refractivity contribution in [2.24, 2.45) is 5.92 Å². The molecule has 0 amide bonds. The lowest BCUT2D eigenvalue weighted by Gasteiger charge is -2.30. The number of rotatable bonds is 8. The van der Waals surface area contributed by atoms with Gasteiger partial charge in [0.1, 0.15) is 5.82 Å². The smallest absolute Gasteiger partial charge is 0.162 e. The first-order chi connectivity index (χ1) is 15.6. The van der Waals surface area contributed by atoms with E-state index in [9.17, 15) is 8.78 Å². The Labute approximate surface area is 191 Å². The monoisotopic (exact) mass is 442 g/mol. The van der Waals surface area contributed by atoms with E-state index < -0.39 is 11.6 Å². The lowest BCUT2D eigenvalue weighted by Crippen LogP contribution is -2.17. The molecule has 4 rings (SSSR count). The second-order valence-corrected chi connectivity index (χ2v) is 10.1. The van der Waals surface area contributed by atoms with Crippen LogP contribution in [0.25, 0.3) is 0 Å². The first-order valence-corrected chi connectivity index (χ1v) is 12.8. The van der Waals surface area contributed by atoms with E-state index in [1.54, 1.807) is 12.1 Å². The zero-order valence-corrected chi connectivity index (χ0v) is 19.4. The maximum absolute atomic E-state index is 15.1. The summed E-state index contributed by atoms with van der Waals surface area (Å²) in [6, 6.07) is 8.60. The lowest BCUT2D eigenvalue weighted by molar-refractivity contribution is 0.301. The highest BCUT2D eigenvalue weighted by molar-refractivity contribution is 5.37. The number of hydrogen-bond donors (Lipinski definition) is 0. The number of hydrogen-bond acceptors (Lipinski definition) is 0. The van der Waals surface area contributed by atoms with Gasteiger partial charge in [-0.15, -0.1) is 0 Å². The predicted octanol–water partition coefficient (Wildman–Crippen LogP) is 9.01. The molecular weight excluding hydrogens is 405 g/mol. The summed E-state index contributed by atoms with van der Waals surface area (Å²) in [5.41, 5.74) is 3.06. The molecule has 0 saturated heterocycles. The Morgan fingerprint density at radius 2 is 1.56 bits per heavy atom. The highest BCUT2D eigenvalue weighted by Crippen LogP contribution is 2.40. The van der Waals surface area contributed by atoms with Gasteiger partial charge in [-0.1, -0.05) is 63.6 Å². The van der Waals surface area contributed by atoms with Crippen LogP contribution >= 0.6 is 0 Å². The fourth-order valence-corrected chi connectivity index (χ4v) is 5.98. The Morgan fingerprint density at radius 3 is 2.31 bits per heavy atom. The highest BCUT2D eigenvalue weighted by atomic mass is 19.2. The van der Waals surface area contributed by atoms with Crippen molar-refractivity contribution in [1.82, 2.24) is 0 Å². The van der Waals surface area contributed by atoms with Crippen LogP contribution in [-0.4, -0.2) is 0 Å². The molecule has 0 bridgehead atoms. The zero-order chi connectivity index (χ0) is 22.5. The van der Waals surface area contributed by atoms with Crippen LogP contribution in [0.5, 0.6) is 0 Å². The van der Waals surface area contributed by atoms with Gasteiger partial charge in [0.15, 0.2) is 11.6 Å². The average molecular weight is 443 g/mol. The van der Waals surface area contributed by atoms with Gasteiger partial charge in [-0.25, -0.2) is 13.2 Å². The molecule has 2 aliphatic rings. The second-order valence-electron chi connectivity index (χ2n) is 10.1. The largest absolute Gasteiger partial charge is 0.207 e. The first kappa shape index (κ1) is 23.4. The van der Waals surface area contributed by atoms with E-state index in [4.69, 9.17) is 0 Å². The van der Waals surface area contributed by atoms with Gasteiger partial charge in [0.05, 0.1) is 0 Å². The summed E-state index contributed by atoms with van der Waals surface area (Å²) >= 11 is 0. The third-order valence-corrected chi connectivity index (χ3v) is 8.00. The Morgan fingerprint density at radius 1 is 0.781 bits per heavy atom. The van der Waals surface area contributed by atoms with Crippen molar-refractivity contribution in [3.8, 4) is 0 Å². The van der Waals surface area contributed by atoms with Crippen molar-refractivity contribution in [2.75, 3.05) is 0 Å². The van der Waals surface area contributed by atoms with Crippen LogP contribution < -0.4 is 0 Å². The Hall–Kier alpha value is -1.77. The summed E-state index contributed by atoms with van der Waals surface area (Å²) < 4.78 is 43.1. The topological polar surface area (TPSA) is 0 Å². The summed E-state index contributed by atoms with van der Waals surface area (Å²) in [6.07, 6.45) is 14.7. The normalized spacial score (nSPS) is 23.2. The maximum atomic E-state index is 15.1. The van der Waals surface area contributed by atoms with E-state index >= 15 is 4.39 Å². The molecule has 0 radical (unpaired) electrons. The van der Waals surface area contributed by atoms with Crippen LogP contribution in [0, 0.1) is 23.4 Å². The number of fused-ring (bicyclic) bond motifs is 1. The summed E-state index contributed by atoms with van der Waals surface area (Å²) in [6.45, 7) is 2.26. The molecular formula is C29H37F3. The molecule has 0 nitrogen and oxygen atoms in total. The van der Waals surface area contributed by atoms with E-state index in [-0.39, 0.29) is 11.7 Å². The minimum Gasteiger partial charge on any atom is -0.207 e. The number of benzene rings is 2. The molecule has 32 heavy (non-hydrogen) atoms. The molecule has 1 fully saturated rings. The van der Waals surface area contributed by atoms with Crippen LogP contribution in [0.4, 0.5) is 13.2 Å². The summed E-state index contributed by atoms with van der Waals surface area (Å²) in [7, 11) is 0. The van der Waals surface area contributed by atoms with Crippen LogP contribution in [0.1, 0.15) is 112 Å². The quantitative estimate of drug-likeness (QED) is 0.358. The van der Waals surface area contributed by atoms with E-state index in [0.29, 0.717) is 29.9 Å². The van der Waals surface area contributed by atoms with Crippen LogP contribution in [0.2, 0.25) is 0 Å². The predicted molar refractivity (Wildman–Crippen MR) is 126 cm³/mol. The number of unbranched alkanes of at least 4 members (excludes halogenated alkanes) is 4. The van der Waals surface area contributed by atoms with Crippen molar-refractivity contribution in [3.05, 3.63) is 70.0 Å². The van der Waals surface area contributed by atoms with E-state index in [1.165, 1.54) is 57.4 Å². The second kappa shape index (κ2) is 10.9. The molecule has 0 aromatic heterocycles. The molecule has 1 saturated carbocycles. The van der Waals surface area contributed by atoms with Gasteiger partial charge < -0.3 is 0 Å². The van der Waals surface area contributed by atoms with Gasteiger partial charge in [0.2, 0.25) is 0 Å². The number of halogens is 3.